The Balaban J connectivity index is 1.32. The molecular formula is C23H30N4O3. The van der Waals surface area contributed by atoms with Crippen LogP contribution in [0.15, 0.2) is 48.7 Å². The van der Waals surface area contributed by atoms with Crippen molar-refractivity contribution in [3.8, 4) is 0 Å². The summed E-state index contributed by atoms with van der Waals surface area (Å²) < 4.78 is 5.15. The number of hydrogen-bond acceptors (Lipinski definition) is 5. The molecule has 0 unspecified atom stereocenters. The minimum Gasteiger partial charge on any atom is -0.445 e. The zero-order valence-corrected chi connectivity index (χ0v) is 17.3. The van der Waals surface area contributed by atoms with Crippen LogP contribution < -0.4 is 15.5 Å². The molecule has 2 amide bonds. The van der Waals surface area contributed by atoms with E-state index in [0.29, 0.717) is 25.9 Å². The Bertz CT molecular complexity index is 807. The lowest BCUT2D eigenvalue weighted by Crippen LogP contribution is -2.32. The number of pyridine rings is 1. The van der Waals surface area contributed by atoms with Gasteiger partial charge in [0.2, 0.25) is 5.91 Å². The summed E-state index contributed by atoms with van der Waals surface area (Å²) >= 11 is 0. The first kappa shape index (κ1) is 21.6. The highest BCUT2D eigenvalue weighted by molar-refractivity contribution is 5.76. The number of benzene rings is 1. The Labute approximate surface area is 177 Å². The van der Waals surface area contributed by atoms with Gasteiger partial charge in [0, 0.05) is 44.4 Å². The van der Waals surface area contributed by atoms with E-state index in [-0.39, 0.29) is 12.5 Å². The van der Waals surface area contributed by atoms with E-state index in [1.807, 2.05) is 42.5 Å². The number of alkyl carbamates (subject to hydrolysis) is 1. The van der Waals surface area contributed by atoms with Crippen molar-refractivity contribution in [1.29, 1.82) is 0 Å². The molecule has 2 N–H and O–H groups in total. The minimum absolute atomic E-state index is 0.0390. The molecule has 2 heterocycles. The molecule has 0 aliphatic carbocycles. The highest BCUT2D eigenvalue weighted by Gasteiger charge is 2.15. The quantitative estimate of drug-likeness (QED) is 0.619. The van der Waals surface area contributed by atoms with Crippen molar-refractivity contribution in [3.63, 3.8) is 0 Å². The first-order chi connectivity index (χ1) is 14.7. The monoisotopic (exact) mass is 410 g/mol. The number of nitrogens with zero attached hydrogens (tertiary/aromatic N) is 2. The van der Waals surface area contributed by atoms with Gasteiger partial charge in [-0.15, -0.1) is 0 Å². The largest absolute Gasteiger partial charge is 0.445 e. The van der Waals surface area contributed by atoms with Crippen LogP contribution in [0.3, 0.4) is 0 Å². The van der Waals surface area contributed by atoms with Gasteiger partial charge in [-0.3, -0.25) is 4.79 Å². The van der Waals surface area contributed by atoms with E-state index in [1.165, 1.54) is 19.3 Å². The number of anilines is 1. The van der Waals surface area contributed by atoms with Gasteiger partial charge >= 0.3 is 6.09 Å². The number of nitrogens with one attached hydrogen (secondary N) is 2. The van der Waals surface area contributed by atoms with Gasteiger partial charge in [-0.1, -0.05) is 36.4 Å². The van der Waals surface area contributed by atoms with Crippen molar-refractivity contribution in [1.82, 2.24) is 15.6 Å². The standard InChI is InChI=1S/C23H30N4O3/c28-21(12-8-14-25-23(29)30-18-19-9-3-1-4-10-19)26-17-20-11-7-13-24-22(20)27-15-5-2-6-16-27/h1,3-4,7,9-11,13H,2,5-6,8,12,14-18H2,(H,25,29)(H,26,28). The van der Waals surface area contributed by atoms with Crippen LogP contribution in [0.2, 0.25) is 0 Å². The summed E-state index contributed by atoms with van der Waals surface area (Å²) in [6.45, 7) is 3.13. The fourth-order valence-electron chi connectivity index (χ4n) is 3.45. The lowest BCUT2D eigenvalue weighted by molar-refractivity contribution is -0.121. The third-order valence-corrected chi connectivity index (χ3v) is 5.06. The SMILES string of the molecule is O=C(CCCNC(=O)OCc1ccccc1)NCc1cccnc1N1CCCCC1. The number of carbonyl (C=O) groups is 2. The van der Waals surface area contributed by atoms with Gasteiger partial charge in [-0.2, -0.15) is 0 Å². The maximum absolute atomic E-state index is 12.2. The van der Waals surface area contributed by atoms with Gasteiger partial charge in [0.1, 0.15) is 12.4 Å². The minimum atomic E-state index is -0.471. The summed E-state index contributed by atoms with van der Waals surface area (Å²) in [4.78, 5) is 30.7. The van der Waals surface area contributed by atoms with E-state index < -0.39 is 6.09 Å². The molecule has 0 saturated carbocycles. The molecule has 3 rings (SSSR count). The molecule has 1 aliphatic heterocycles. The molecule has 1 aliphatic rings. The molecule has 2 aromatic rings. The molecule has 30 heavy (non-hydrogen) atoms. The third-order valence-electron chi connectivity index (χ3n) is 5.06. The highest BCUT2D eigenvalue weighted by Crippen LogP contribution is 2.21. The topological polar surface area (TPSA) is 83.6 Å². The third kappa shape index (κ3) is 7.06. The molecule has 0 radical (unpaired) electrons. The predicted molar refractivity (Wildman–Crippen MR) is 116 cm³/mol. The van der Waals surface area contributed by atoms with Crippen molar-refractivity contribution in [2.45, 2.75) is 45.3 Å². The molecule has 1 saturated heterocycles. The van der Waals surface area contributed by atoms with Crippen LogP contribution >= 0.6 is 0 Å². The number of carbonyl (C=O) groups excluding carboxylic acids is 2. The first-order valence-electron chi connectivity index (χ1n) is 10.6. The number of hydrogen-bond donors (Lipinski definition) is 2. The average Bonchev–Trinajstić information content (AvgIpc) is 2.80. The van der Waals surface area contributed by atoms with Gasteiger partial charge in [0.25, 0.3) is 0 Å². The molecule has 7 heteroatoms. The number of ether oxygens (including phenoxy) is 1. The van der Waals surface area contributed by atoms with E-state index >= 15 is 0 Å². The summed E-state index contributed by atoms with van der Waals surface area (Å²) in [5.74, 6) is 0.934. The fourth-order valence-corrected chi connectivity index (χ4v) is 3.45. The molecule has 7 nitrogen and oxygen atoms in total. The van der Waals surface area contributed by atoms with Crippen molar-refractivity contribution in [2.75, 3.05) is 24.5 Å². The van der Waals surface area contributed by atoms with Crippen LogP contribution in [0.25, 0.3) is 0 Å². The summed E-state index contributed by atoms with van der Waals surface area (Å²) in [5, 5.41) is 5.64. The second kappa shape index (κ2) is 11.8. The average molecular weight is 411 g/mol. The molecule has 0 spiro atoms. The number of aromatic nitrogens is 1. The van der Waals surface area contributed by atoms with Gasteiger partial charge in [-0.25, -0.2) is 9.78 Å². The van der Waals surface area contributed by atoms with Gasteiger partial charge in [0.05, 0.1) is 0 Å². The van der Waals surface area contributed by atoms with E-state index in [0.717, 1.165) is 30.0 Å². The molecule has 160 valence electrons. The van der Waals surface area contributed by atoms with Crippen molar-refractivity contribution in [2.24, 2.45) is 0 Å². The smallest absolute Gasteiger partial charge is 0.407 e. The van der Waals surface area contributed by atoms with Crippen molar-refractivity contribution >= 4 is 17.8 Å². The number of piperidine rings is 1. The van der Waals surface area contributed by atoms with Crippen LogP contribution in [-0.4, -0.2) is 36.6 Å². The van der Waals surface area contributed by atoms with E-state index in [9.17, 15) is 9.59 Å². The van der Waals surface area contributed by atoms with Gasteiger partial charge in [-0.05, 0) is 37.3 Å². The second-order valence-corrected chi connectivity index (χ2v) is 7.40. The number of amides is 2. The van der Waals surface area contributed by atoms with Crippen LogP contribution in [0.1, 0.15) is 43.2 Å². The van der Waals surface area contributed by atoms with Crippen molar-refractivity contribution < 1.29 is 14.3 Å². The maximum atomic E-state index is 12.2. The van der Waals surface area contributed by atoms with Crippen LogP contribution in [0.5, 0.6) is 0 Å². The van der Waals surface area contributed by atoms with Gasteiger partial charge in [0.15, 0.2) is 0 Å². The van der Waals surface area contributed by atoms with E-state index in [1.54, 1.807) is 6.20 Å². The summed E-state index contributed by atoms with van der Waals surface area (Å²) in [5.41, 5.74) is 1.97. The fraction of sp³-hybridized carbons (Fsp3) is 0.435. The summed E-state index contributed by atoms with van der Waals surface area (Å²) in [6.07, 6.45) is 5.87. The molecule has 1 aromatic heterocycles. The Morgan fingerprint density at radius 2 is 1.80 bits per heavy atom. The predicted octanol–water partition coefficient (Wildman–Crippen LogP) is 3.39. The molecule has 0 bridgehead atoms. The van der Waals surface area contributed by atoms with Crippen LogP contribution in [0.4, 0.5) is 10.6 Å². The Morgan fingerprint density at radius 1 is 1.00 bits per heavy atom. The molecule has 1 fully saturated rings. The Hall–Kier alpha value is -3.09. The Kier molecular flexibility index (Phi) is 8.50. The highest BCUT2D eigenvalue weighted by atomic mass is 16.5. The maximum Gasteiger partial charge on any atom is 0.407 e. The van der Waals surface area contributed by atoms with E-state index in [4.69, 9.17) is 4.74 Å². The number of rotatable bonds is 9. The summed E-state index contributed by atoms with van der Waals surface area (Å²) in [7, 11) is 0. The van der Waals surface area contributed by atoms with E-state index in [2.05, 4.69) is 20.5 Å². The van der Waals surface area contributed by atoms with Crippen LogP contribution in [-0.2, 0) is 22.7 Å². The molecule has 0 atom stereocenters. The molecule has 1 aromatic carbocycles. The van der Waals surface area contributed by atoms with Gasteiger partial charge < -0.3 is 20.3 Å². The summed E-state index contributed by atoms with van der Waals surface area (Å²) in [6, 6.07) is 13.4. The lowest BCUT2D eigenvalue weighted by Gasteiger charge is -2.29. The zero-order valence-electron chi connectivity index (χ0n) is 17.3. The normalized spacial score (nSPS) is 13.5. The van der Waals surface area contributed by atoms with Crippen LogP contribution in [0, 0.1) is 0 Å². The second-order valence-electron chi connectivity index (χ2n) is 7.40. The zero-order chi connectivity index (χ0) is 21.0. The van der Waals surface area contributed by atoms with Crippen molar-refractivity contribution in [3.05, 3.63) is 59.8 Å². The lowest BCUT2D eigenvalue weighted by atomic mass is 10.1. The Morgan fingerprint density at radius 3 is 2.60 bits per heavy atom. The first-order valence-corrected chi connectivity index (χ1v) is 10.6. The molecular weight excluding hydrogens is 380 g/mol.